The lowest BCUT2D eigenvalue weighted by Gasteiger charge is -2.22. The maximum absolute atomic E-state index is 12.2. The number of nitrogens with zero attached hydrogens (tertiary/aromatic N) is 5. The van der Waals surface area contributed by atoms with Crippen LogP contribution in [0.2, 0.25) is 5.28 Å². The number of anilines is 1. The number of halogens is 1. The van der Waals surface area contributed by atoms with Crippen molar-refractivity contribution in [1.29, 1.82) is 0 Å². The molecule has 0 radical (unpaired) electrons. The highest BCUT2D eigenvalue weighted by atomic mass is 35.5. The van der Waals surface area contributed by atoms with Crippen LogP contribution in [0, 0.1) is 0 Å². The number of ether oxygens (including phenoxy) is 1. The van der Waals surface area contributed by atoms with Crippen LogP contribution in [0.4, 0.5) is 5.82 Å². The minimum Gasteiger partial charge on any atom is -0.387 e. The van der Waals surface area contributed by atoms with E-state index in [1.165, 1.54) is 10.9 Å². The summed E-state index contributed by atoms with van der Waals surface area (Å²) in [5.74, 6) is 0.487. The van der Waals surface area contributed by atoms with E-state index < -0.39 is 54.2 Å². The molecule has 2 fully saturated rings. The van der Waals surface area contributed by atoms with Crippen LogP contribution in [0.5, 0.6) is 0 Å². The molecule has 0 aromatic carbocycles. The number of aliphatic hydroxyl groups excluding tert-OH is 2. The van der Waals surface area contributed by atoms with Crippen molar-refractivity contribution in [3.05, 3.63) is 11.5 Å². The minimum absolute atomic E-state index is 0.0532. The molecule has 1 aliphatic heterocycles. The Kier molecular flexibility index (Phi) is 7.22. The Morgan fingerprint density at radius 3 is 2.59 bits per heavy atom. The van der Waals surface area contributed by atoms with Crippen LogP contribution >= 0.6 is 19.2 Å². The molecule has 4 atom stereocenters. The van der Waals surface area contributed by atoms with Crippen LogP contribution in [0.25, 0.3) is 11.0 Å². The third-order valence-electron chi connectivity index (χ3n) is 5.94. The molecule has 14 nitrogen and oxygen atoms in total. The molecule has 2 aromatic rings. The van der Waals surface area contributed by atoms with Gasteiger partial charge in [0.25, 0.3) is 0 Å². The second-order valence-corrected chi connectivity index (χ2v) is 13.0. The molecule has 0 unspecified atom stereocenters. The van der Waals surface area contributed by atoms with Crippen molar-refractivity contribution < 1.29 is 37.7 Å². The molecule has 34 heavy (non-hydrogen) atoms. The zero-order chi connectivity index (χ0) is 24.8. The topological polar surface area (TPSA) is 200 Å². The van der Waals surface area contributed by atoms with Gasteiger partial charge in [-0.1, -0.05) is 12.8 Å². The van der Waals surface area contributed by atoms with E-state index in [4.69, 9.17) is 26.1 Å². The molecular weight excluding hydrogens is 515 g/mol. The molecule has 5 N–H and O–H groups in total. The number of rotatable bonds is 8. The van der Waals surface area contributed by atoms with Gasteiger partial charge in [-0.3, -0.25) is 4.57 Å². The van der Waals surface area contributed by atoms with Crippen molar-refractivity contribution in [2.24, 2.45) is 0 Å². The maximum Gasteiger partial charge on any atom is 0.341 e. The second kappa shape index (κ2) is 9.56. The standard InChI is InChI=1S/C17H26ClN6O8PS/c1-23(34(30,31)8-33(27,28)29)7-11-12(25)13(26)16(32-11)24-15-10(6-19-24)14(21-17(18)22-15)20-9-4-2-3-5-9/h6,9,11-13,16,25-26H,2-5,7-8H2,1H3,(H,20,21,22)(H2,27,28,29)/t11-,12-,13-,16-/m1/s1. The fraction of sp³-hybridized carbons (Fsp3) is 0.706. The molecule has 2 aromatic heterocycles. The van der Waals surface area contributed by atoms with Gasteiger partial charge in [0.2, 0.25) is 15.3 Å². The number of aromatic nitrogens is 4. The lowest BCUT2D eigenvalue weighted by molar-refractivity contribution is -0.0443. The van der Waals surface area contributed by atoms with E-state index in [-0.39, 0.29) is 17.0 Å². The number of aliphatic hydroxyl groups is 2. The van der Waals surface area contributed by atoms with Gasteiger partial charge in [-0.25, -0.2) is 17.4 Å². The first-order valence-corrected chi connectivity index (χ1v) is 14.3. The molecule has 1 saturated carbocycles. The maximum atomic E-state index is 12.2. The Balaban J connectivity index is 1.56. The normalized spacial score (nSPS) is 26.7. The Hall–Kier alpha value is -1.42. The third kappa shape index (κ3) is 5.37. The molecule has 1 aliphatic carbocycles. The molecule has 2 aliphatic rings. The molecule has 190 valence electrons. The summed E-state index contributed by atoms with van der Waals surface area (Å²) in [6.45, 7) is -0.458. The Bertz CT molecular complexity index is 1200. The van der Waals surface area contributed by atoms with E-state index in [2.05, 4.69) is 20.4 Å². The van der Waals surface area contributed by atoms with E-state index in [9.17, 15) is 23.2 Å². The first kappa shape index (κ1) is 25.7. The van der Waals surface area contributed by atoms with Gasteiger partial charge in [-0.15, -0.1) is 0 Å². The Morgan fingerprint density at radius 2 is 1.94 bits per heavy atom. The van der Waals surface area contributed by atoms with E-state index in [1.54, 1.807) is 0 Å². The fourth-order valence-corrected chi connectivity index (χ4v) is 7.25. The summed E-state index contributed by atoms with van der Waals surface area (Å²) in [5, 5.41) is 29.1. The Morgan fingerprint density at radius 1 is 1.26 bits per heavy atom. The molecule has 17 heteroatoms. The number of hydrogen-bond acceptors (Lipinski definition) is 10. The zero-order valence-electron chi connectivity index (χ0n) is 18.1. The van der Waals surface area contributed by atoms with Gasteiger partial charge in [-0.05, 0) is 24.4 Å². The molecule has 1 saturated heterocycles. The van der Waals surface area contributed by atoms with Crippen molar-refractivity contribution >= 4 is 46.1 Å². The minimum atomic E-state index is -4.84. The first-order chi connectivity index (χ1) is 15.9. The van der Waals surface area contributed by atoms with Crippen LogP contribution in [0.15, 0.2) is 6.20 Å². The van der Waals surface area contributed by atoms with Crippen molar-refractivity contribution in [3.63, 3.8) is 0 Å². The number of nitrogens with one attached hydrogen (secondary N) is 1. The van der Waals surface area contributed by atoms with E-state index in [1.807, 2.05) is 0 Å². The summed E-state index contributed by atoms with van der Waals surface area (Å²) in [7, 11) is -8.09. The molecule has 4 rings (SSSR count). The Labute approximate surface area is 200 Å². The van der Waals surface area contributed by atoms with Crippen LogP contribution in [0.1, 0.15) is 31.9 Å². The van der Waals surface area contributed by atoms with Crippen molar-refractivity contribution in [3.8, 4) is 0 Å². The number of fused-ring (bicyclic) bond motifs is 1. The summed E-state index contributed by atoms with van der Waals surface area (Å²) in [6, 6.07) is 0.239. The van der Waals surface area contributed by atoms with Gasteiger partial charge in [0, 0.05) is 19.6 Å². The smallest absolute Gasteiger partial charge is 0.341 e. The van der Waals surface area contributed by atoms with Crippen LogP contribution in [-0.2, 0) is 19.3 Å². The quantitative estimate of drug-likeness (QED) is 0.219. The predicted molar refractivity (Wildman–Crippen MR) is 121 cm³/mol. The number of hydrogen-bond donors (Lipinski definition) is 5. The molecular formula is C17H26ClN6O8PS. The summed E-state index contributed by atoms with van der Waals surface area (Å²) < 4.78 is 43.2. The third-order valence-corrected chi connectivity index (χ3v) is 9.86. The van der Waals surface area contributed by atoms with Gasteiger partial charge in [0.15, 0.2) is 17.4 Å². The van der Waals surface area contributed by atoms with Gasteiger partial charge in [0.1, 0.15) is 24.1 Å². The van der Waals surface area contributed by atoms with Crippen LogP contribution in [0.3, 0.4) is 0 Å². The summed E-state index contributed by atoms with van der Waals surface area (Å²) in [4.78, 5) is 26.4. The number of sulfonamides is 1. The van der Waals surface area contributed by atoms with E-state index in [0.29, 0.717) is 15.5 Å². The van der Waals surface area contributed by atoms with Gasteiger partial charge in [0.05, 0.1) is 11.6 Å². The predicted octanol–water partition coefficient (Wildman–Crippen LogP) is -0.150. The summed E-state index contributed by atoms with van der Waals surface area (Å²) >= 11 is 6.12. The fourth-order valence-electron chi connectivity index (χ4n) is 4.22. The molecule has 0 bridgehead atoms. The highest BCUT2D eigenvalue weighted by Crippen LogP contribution is 2.38. The largest absolute Gasteiger partial charge is 0.387 e. The summed E-state index contributed by atoms with van der Waals surface area (Å²) in [6.07, 6.45) is 0.260. The van der Waals surface area contributed by atoms with Gasteiger partial charge < -0.3 is 30.1 Å². The highest BCUT2D eigenvalue weighted by molar-refractivity contribution is 7.95. The van der Waals surface area contributed by atoms with Crippen LogP contribution < -0.4 is 5.32 Å². The molecule has 3 heterocycles. The number of likely N-dealkylation sites (N-methyl/N-ethyl adjacent to an activating group) is 1. The van der Waals surface area contributed by atoms with E-state index in [0.717, 1.165) is 32.7 Å². The first-order valence-electron chi connectivity index (χ1n) is 10.5. The lowest BCUT2D eigenvalue weighted by Crippen LogP contribution is -2.41. The van der Waals surface area contributed by atoms with Crippen molar-refractivity contribution in [1.82, 2.24) is 24.1 Å². The van der Waals surface area contributed by atoms with Crippen molar-refractivity contribution in [2.75, 3.05) is 24.4 Å². The van der Waals surface area contributed by atoms with Crippen LogP contribution in [-0.4, -0.2) is 95.9 Å². The van der Waals surface area contributed by atoms with Crippen molar-refractivity contribution in [2.45, 2.75) is 56.3 Å². The molecule has 0 spiro atoms. The average Bonchev–Trinajstić information content (AvgIpc) is 3.43. The zero-order valence-corrected chi connectivity index (χ0v) is 20.6. The van der Waals surface area contributed by atoms with Gasteiger partial charge in [-0.2, -0.15) is 15.1 Å². The van der Waals surface area contributed by atoms with Gasteiger partial charge >= 0.3 is 7.60 Å². The SMILES string of the molecule is CN(C[C@H]1O[C@@H](n2ncc3c(NC4CCCC4)nc(Cl)nc32)[C@H](O)[C@@H]1O)S(=O)(=O)CP(=O)(O)O. The van der Waals surface area contributed by atoms with E-state index >= 15 is 0 Å². The highest BCUT2D eigenvalue weighted by Gasteiger charge is 2.46. The second-order valence-electron chi connectivity index (χ2n) is 8.53. The summed E-state index contributed by atoms with van der Waals surface area (Å²) in [5.41, 5.74) is -1.14. The average molecular weight is 541 g/mol. The molecule has 0 amide bonds. The monoisotopic (exact) mass is 540 g/mol. The lowest BCUT2D eigenvalue weighted by atomic mass is 10.1.